The van der Waals surface area contributed by atoms with Gasteiger partial charge in [-0.15, -0.1) is 0 Å². The van der Waals surface area contributed by atoms with Crippen molar-refractivity contribution in [2.45, 2.75) is 39.3 Å². The van der Waals surface area contributed by atoms with Crippen LogP contribution in [0.5, 0.6) is 0 Å². The van der Waals surface area contributed by atoms with Crippen LogP contribution in [0.4, 0.5) is 0 Å². The zero-order valence-electron chi connectivity index (χ0n) is 10.3. The lowest BCUT2D eigenvalue weighted by molar-refractivity contribution is -0.0343. The topological polar surface area (TPSA) is 27.7 Å². The quantitative estimate of drug-likeness (QED) is 0.602. The molecular weight excluding hydrogens is 208 g/mol. The van der Waals surface area contributed by atoms with Crippen LogP contribution in [0.1, 0.15) is 27.2 Å². The minimum absolute atomic E-state index is 0.754. The Kier molecular flexibility index (Phi) is 5.82. The van der Waals surface area contributed by atoms with Gasteiger partial charge in [0, 0.05) is 19.1 Å². The first-order valence-corrected chi connectivity index (χ1v) is 8.35. The first-order chi connectivity index (χ1) is 7.26. The van der Waals surface area contributed by atoms with Crippen LogP contribution in [0.15, 0.2) is 0 Å². The van der Waals surface area contributed by atoms with Crippen molar-refractivity contribution in [1.29, 1.82) is 0 Å². The predicted octanol–water partition coefficient (Wildman–Crippen LogP) is 2.56. The second kappa shape index (κ2) is 6.63. The van der Waals surface area contributed by atoms with Crippen molar-refractivity contribution in [3.63, 3.8) is 0 Å². The second-order valence-electron chi connectivity index (χ2n) is 4.07. The summed E-state index contributed by atoms with van der Waals surface area (Å²) in [6.07, 6.45) is 1.21. The summed E-state index contributed by atoms with van der Waals surface area (Å²) < 4.78 is 17.0. The highest BCUT2D eigenvalue weighted by Gasteiger charge is 2.36. The van der Waals surface area contributed by atoms with Gasteiger partial charge < -0.3 is 13.6 Å². The molecule has 0 spiro atoms. The monoisotopic (exact) mass is 232 g/mol. The molecular formula is C11H24O3Si. The Morgan fingerprint density at radius 3 is 2.07 bits per heavy atom. The summed E-state index contributed by atoms with van der Waals surface area (Å²) >= 11 is 0. The summed E-state index contributed by atoms with van der Waals surface area (Å²) in [5.74, 6) is 0.754. The van der Waals surface area contributed by atoms with E-state index >= 15 is 0 Å². The zero-order valence-corrected chi connectivity index (χ0v) is 11.3. The van der Waals surface area contributed by atoms with E-state index in [1.165, 1.54) is 6.42 Å². The fraction of sp³-hybridized carbons (Fsp3) is 1.00. The maximum Gasteiger partial charge on any atom is 0.337 e. The molecule has 0 aromatic heterocycles. The summed E-state index contributed by atoms with van der Waals surface area (Å²) in [5.41, 5.74) is 0. The first kappa shape index (κ1) is 13.2. The summed E-state index contributed by atoms with van der Waals surface area (Å²) in [4.78, 5) is 0. The van der Waals surface area contributed by atoms with Crippen molar-refractivity contribution in [3.05, 3.63) is 0 Å². The molecule has 90 valence electrons. The van der Waals surface area contributed by atoms with Gasteiger partial charge in [-0.1, -0.05) is 6.92 Å². The van der Waals surface area contributed by atoms with Crippen LogP contribution < -0.4 is 0 Å². The van der Waals surface area contributed by atoms with Gasteiger partial charge in [-0.3, -0.25) is 0 Å². The number of hydrogen-bond acceptors (Lipinski definition) is 3. The van der Waals surface area contributed by atoms with Crippen molar-refractivity contribution in [1.82, 2.24) is 0 Å². The van der Waals surface area contributed by atoms with Gasteiger partial charge in [0.2, 0.25) is 0 Å². The van der Waals surface area contributed by atoms with E-state index in [2.05, 4.69) is 20.8 Å². The third-order valence-electron chi connectivity index (χ3n) is 2.99. The van der Waals surface area contributed by atoms with Gasteiger partial charge in [-0.05, 0) is 32.4 Å². The molecule has 0 aliphatic carbocycles. The largest absolute Gasteiger partial charge is 0.394 e. The lowest BCUT2D eigenvalue weighted by atomic mass is 10.1. The summed E-state index contributed by atoms with van der Waals surface area (Å²) in [7, 11) is -1.87. The Morgan fingerprint density at radius 2 is 1.73 bits per heavy atom. The smallest absolute Gasteiger partial charge is 0.337 e. The molecule has 0 aromatic rings. The Labute approximate surface area is 94.4 Å². The average Bonchev–Trinajstić information content (AvgIpc) is 2.16. The minimum Gasteiger partial charge on any atom is -0.394 e. The molecule has 4 heteroatoms. The summed E-state index contributed by atoms with van der Waals surface area (Å²) in [6, 6.07) is 2.18. The fourth-order valence-corrected chi connectivity index (χ4v) is 5.00. The van der Waals surface area contributed by atoms with Crippen molar-refractivity contribution in [3.8, 4) is 0 Å². The second-order valence-corrected chi connectivity index (χ2v) is 7.68. The molecule has 0 atom stereocenters. The maximum atomic E-state index is 5.91. The van der Waals surface area contributed by atoms with E-state index in [0.717, 1.165) is 44.4 Å². The molecule has 1 aliphatic heterocycles. The molecule has 0 N–H and O–H groups in total. The van der Waals surface area contributed by atoms with Crippen molar-refractivity contribution in [2.75, 3.05) is 26.4 Å². The lowest BCUT2D eigenvalue weighted by Crippen LogP contribution is -2.43. The van der Waals surface area contributed by atoms with Crippen molar-refractivity contribution < 1.29 is 13.6 Å². The predicted molar refractivity (Wildman–Crippen MR) is 63.2 cm³/mol. The minimum atomic E-state index is -1.87. The molecule has 1 fully saturated rings. The molecule has 0 bridgehead atoms. The van der Waals surface area contributed by atoms with E-state index in [9.17, 15) is 0 Å². The molecule has 3 nitrogen and oxygen atoms in total. The van der Waals surface area contributed by atoms with Crippen LogP contribution in [-0.2, 0) is 13.6 Å². The third-order valence-corrected chi connectivity index (χ3v) is 6.75. The van der Waals surface area contributed by atoms with Crippen LogP contribution in [-0.4, -0.2) is 35.0 Å². The van der Waals surface area contributed by atoms with Gasteiger partial charge in [0.25, 0.3) is 0 Å². The molecule has 0 radical (unpaired) electrons. The van der Waals surface area contributed by atoms with E-state index in [-0.39, 0.29) is 0 Å². The highest BCUT2D eigenvalue weighted by Crippen LogP contribution is 2.26. The zero-order chi connectivity index (χ0) is 11.1. The lowest BCUT2D eigenvalue weighted by Gasteiger charge is -2.32. The molecule has 1 rings (SSSR count). The molecule has 15 heavy (non-hydrogen) atoms. The number of hydrogen-bond donors (Lipinski definition) is 0. The fourth-order valence-electron chi connectivity index (χ4n) is 1.97. The summed E-state index contributed by atoms with van der Waals surface area (Å²) in [5, 5.41) is 0. The highest BCUT2D eigenvalue weighted by atomic mass is 28.4. The van der Waals surface area contributed by atoms with E-state index in [4.69, 9.17) is 13.6 Å². The van der Waals surface area contributed by atoms with Gasteiger partial charge >= 0.3 is 8.56 Å². The van der Waals surface area contributed by atoms with Crippen LogP contribution in [0, 0.1) is 5.92 Å². The standard InChI is InChI=1S/C11H24O3Si/c1-4-13-15(6-3,14-5-2)8-7-11-9-12-10-11/h11H,4-10H2,1-3H3. The van der Waals surface area contributed by atoms with Crippen LogP contribution in [0.25, 0.3) is 0 Å². The molecule has 1 saturated heterocycles. The van der Waals surface area contributed by atoms with E-state index in [0.29, 0.717) is 0 Å². The van der Waals surface area contributed by atoms with Gasteiger partial charge in [0.15, 0.2) is 0 Å². The first-order valence-electron chi connectivity index (χ1n) is 6.12. The molecule has 0 unspecified atom stereocenters. The Bertz CT molecular complexity index is 165. The van der Waals surface area contributed by atoms with Gasteiger partial charge in [-0.2, -0.15) is 0 Å². The third kappa shape index (κ3) is 3.87. The number of ether oxygens (including phenoxy) is 1. The van der Waals surface area contributed by atoms with Gasteiger partial charge in [0.1, 0.15) is 0 Å². The molecule has 0 aromatic carbocycles. The van der Waals surface area contributed by atoms with E-state index in [1.54, 1.807) is 0 Å². The molecule has 0 amide bonds. The van der Waals surface area contributed by atoms with Crippen LogP contribution in [0.3, 0.4) is 0 Å². The number of rotatable bonds is 8. The van der Waals surface area contributed by atoms with Gasteiger partial charge in [0.05, 0.1) is 13.2 Å². The molecule has 1 aliphatic rings. The maximum absolute atomic E-state index is 5.91. The Balaban J connectivity index is 2.37. The Hall–Kier alpha value is 0.0969. The molecule has 1 heterocycles. The van der Waals surface area contributed by atoms with Crippen molar-refractivity contribution in [2.24, 2.45) is 5.92 Å². The average molecular weight is 232 g/mol. The van der Waals surface area contributed by atoms with Gasteiger partial charge in [-0.25, -0.2) is 0 Å². The normalized spacial score (nSPS) is 17.8. The van der Waals surface area contributed by atoms with Crippen LogP contribution in [0.2, 0.25) is 12.1 Å². The van der Waals surface area contributed by atoms with E-state index < -0.39 is 8.56 Å². The van der Waals surface area contributed by atoms with E-state index in [1.807, 2.05) is 0 Å². The van der Waals surface area contributed by atoms with Crippen LogP contribution >= 0.6 is 0 Å². The Morgan fingerprint density at radius 1 is 1.13 bits per heavy atom. The molecule has 0 saturated carbocycles. The summed E-state index contributed by atoms with van der Waals surface area (Å²) in [6.45, 7) is 9.74. The highest BCUT2D eigenvalue weighted by molar-refractivity contribution is 6.67. The van der Waals surface area contributed by atoms with Crippen molar-refractivity contribution >= 4 is 8.56 Å². The SMILES string of the molecule is CCO[Si](CC)(CCC1COC1)OCC.